The van der Waals surface area contributed by atoms with Crippen LogP contribution in [0.1, 0.15) is 19.8 Å². The minimum atomic E-state index is -0.716. The lowest BCUT2D eigenvalue weighted by molar-refractivity contribution is -0.140. The van der Waals surface area contributed by atoms with Gasteiger partial charge in [0.1, 0.15) is 6.04 Å². The molecule has 0 aromatic rings. The van der Waals surface area contributed by atoms with Crippen LogP contribution in [-0.4, -0.2) is 23.7 Å². The van der Waals surface area contributed by atoms with E-state index in [9.17, 15) is 4.79 Å². The zero-order chi connectivity index (χ0) is 7.56. The van der Waals surface area contributed by atoms with Gasteiger partial charge in [-0.25, -0.2) is 0 Å². The van der Waals surface area contributed by atoms with Gasteiger partial charge in [-0.15, -0.1) is 0 Å². The molecule has 0 amide bonds. The normalized spacial score (nSPS) is 33.7. The maximum atomic E-state index is 10.4. The van der Waals surface area contributed by atoms with Crippen LogP contribution in [0.4, 0.5) is 0 Å². The van der Waals surface area contributed by atoms with Crippen LogP contribution < -0.4 is 5.32 Å². The zero-order valence-electron chi connectivity index (χ0n) is 6.13. The van der Waals surface area contributed by atoms with Gasteiger partial charge < -0.3 is 10.4 Å². The predicted molar refractivity (Wildman–Crippen MR) is 37.8 cm³/mol. The first-order valence-electron chi connectivity index (χ1n) is 3.66. The minimum absolute atomic E-state index is 0.302. The van der Waals surface area contributed by atoms with Gasteiger partial charge in [-0.1, -0.05) is 6.92 Å². The van der Waals surface area contributed by atoms with Crippen LogP contribution in [0, 0.1) is 5.92 Å². The number of carboxylic acids is 1. The van der Waals surface area contributed by atoms with Crippen molar-refractivity contribution in [3.63, 3.8) is 0 Å². The molecule has 58 valence electrons. The Bertz CT molecular complexity index is 136. The highest BCUT2D eigenvalue weighted by Gasteiger charge is 2.23. The van der Waals surface area contributed by atoms with Crippen molar-refractivity contribution in [1.29, 1.82) is 0 Å². The molecule has 0 aromatic heterocycles. The van der Waals surface area contributed by atoms with Crippen molar-refractivity contribution in [2.45, 2.75) is 25.8 Å². The van der Waals surface area contributed by atoms with Crippen molar-refractivity contribution >= 4 is 5.97 Å². The minimum Gasteiger partial charge on any atom is -0.480 e. The summed E-state index contributed by atoms with van der Waals surface area (Å²) in [5.41, 5.74) is 0. The van der Waals surface area contributed by atoms with Crippen molar-refractivity contribution < 1.29 is 9.90 Å². The molecular formula is C7H13NO2. The molecule has 3 heteroatoms. The highest BCUT2D eigenvalue weighted by molar-refractivity contribution is 5.73. The molecule has 0 aliphatic carbocycles. The van der Waals surface area contributed by atoms with Gasteiger partial charge in [0.25, 0.3) is 0 Å². The number of hydrogen-bond acceptors (Lipinski definition) is 2. The molecule has 0 spiro atoms. The molecular weight excluding hydrogens is 130 g/mol. The van der Waals surface area contributed by atoms with E-state index in [0.717, 1.165) is 19.4 Å². The molecule has 0 saturated carbocycles. The third-order valence-corrected chi connectivity index (χ3v) is 1.96. The van der Waals surface area contributed by atoms with E-state index in [2.05, 4.69) is 12.2 Å². The van der Waals surface area contributed by atoms with Gasteiger partial charge in [-0.2, -0.15) is 0 Å². The van der Waals surface area contributed by atoms with Crippen LogP contribution in [0.2, 0.25) is 0 Å². The van der Waals surface area contributed by atoms with Crippen molar-refractivity contribution in [1.82, 2.24) is 5.32 Å². The standard InChI is InChI=1S/C7H13NO2/c1-5-2-3-8-6(4-5)7(9)10/h5-6,8H,2-4H2,1H3,(H,9,10)/t5-,6-/m0/s1. The Morgan fingerprint density at radius 2 is 2.40 bits per heavy atom. The van der Waals surface area contributed by atoms with Gasteiger partial charge in [-0.05, 0) is 25.3 Å². The number of nitrogens with one attached hydrogen (secondary N) is 1. The van der Waals surface area contributed by atoms with Gasteiger partial charge in [0, 0.05) is 0 Å². The number of rotatable bonds is 1. The van der Waals surface area contributed by atoms with E-state index < -0.39 is 5.97 Å². The predicted octanol–water partition coefficient (Wildman–Crippen LogP) is 0.459. The number of carbonyl (C=O) groups is 1. The monoisotopic (exact) mass is 143 g/mol. The third-order valence-electron chi connectivity index (χ3n) is 1.96. The Kier molecular flexibility index (Phi) is 2.27. The summed E-state index contributed by atoms with van der Waals surface area (Å²) in [6.45, 7) is 2.94. The first kappa shape index (κ1) is 7.54. The van der Waals surface area contributed by atoms with Crippen LogP contribution >= 0.6 is 0 Å². The first-order chi connectivity index (χ1) is 4.70. The van der Waals surface area contributed by atoms with E-state index in [1.165, 1.54) is 0 Å². The summed E-state index contributed by atoms with van der Waals surface area (Å²) >= 11 is 0. The van der Waals surface area contributed by atoms with Crippen LogP contribution in [0.5, 0.6) is 0 Å². The molecule has 1 heterocycles. The van der Waals surface area contributed by atoms with Crippen LogP contribution in [0.3, 0.4) is 0 Å². The molecule has 1 fully saturated rings. The Morgan fingerprint density at radius 1 is 1.70 bits per heavy atom. The Morgan fingerprint density at radius 3 is 2.80 bits per heavy atom. The Labute approximate surface area is 60.4 Å². The van der Waals surface area contributed by atoms with Gasteiger partial charge in [0.2, 0.25) is 0 Å². The largest absolute Gasteiger partial charge is 0.480 e. The molecule has 0 bridgehead atoms. The van der Waals surface area contributed by atoms with Crippen LogP contribution in [0.15, 0.2) is 0 Å². The van der Waals surface area contributed by atoms with Crippen molar-refractivity contribution in [3.05, 3.63) is 0 Å². The molecule has 1 rings (SSSR count). The summed E-state index contributed by atoms with van der Waals surface area (Å²) in [6, 6.07) is -0.302. The second-order valence-electron chi connectivity index (χ2n) is 2.97. The summed E-state index contributed by atoms with van der Waals surface area (Å²) in [5.74, 6) is -0.158. The van der Waals surface area contributed by atoms with E-state index >= 15 is 0 Å². The second-order valence-corrected chi connectivity index (χ2v) is 2.97. The van der Waals surface area contributed by atoms with Crippen molar-refractivity contribution in [2.75, 3.05) is 6.54 Å². The Hall–Kier alpha value is -0.570. The maximum Gasteiger partial charge on any atom is 0.320 e. The van der Waals surface area contributed by atoms with E-state index in [-0.39, 0.29) is 6.04 Å². The fourth-order valence-electron chi connectivity index (χ4n) is 1.30. The van der Waals surface area contributed by atoms with E-state index in [1.54, 1.807) is 0 Å². The quantitative estimate of drug-likeness (QED) is 0.560. The first-order valence-corrected chi connectivity index (χ1v) is 3.66. The highest BCUT2D eigenvalue weighted by Crippen LogP contribution is 2.14. The van der Waals surface area contributed by atoms with Crippen LogP contribution in [-0.2, 0) is 4.79 Å². The molecule has 3 nitrogen and oxygen atoms in total. The van der Waals surface area contributed by atoms with Gasteiger partial charge in [0.15, 0.2) is 0 Å². The highest BCUT2D eigenvalue weighted by atomic mass is 16.4. The van der Waals surface area contributed by atoms with Gasteiger partial charge in [0.05, 0.1) is 0 Å². The van der Waals surface area contributed by atoms with Crippen molar-refractivity contribution in [2.24, 2.45) is 5.92 Å². The molecule has 1 saturated heterocycles. The SMILES string of the molecule is C[C@H]1CCN[C@H](C(=O)O)C1. The Balaban J connectivity index is 2.39. The molecule has 1 aliphatic heterocycles. The fourth-order valence-corrected chi connectivity index (χ4v) is 1.30. The zero-order valence-corrected chi connectivity index (χ0v) is 6.13. The lowest BCUT2D eigenvalue weighted by Gasteiger charge is -2.24. The number of carboxylic acid groups (broad SMARTS) is 1. The topological polar surface area (TPSA) is 49.3 Å². The fraction of sp³-hybridized carbons (Fsp3) is 0.857. The second kappa shape index (κ2) is 3.01. The van der Waals surface area contributed by atoms with Crippen molar-refractivity contribution in [3.8, 4) is 0 Å². The lowest BCUT2D eigenvalue weighted by atomic mass is 9.94. The number of aliphatic carboxylic acids is 1. The molecule has 0 unspecified atom stereocenters. The van der Waals surface area contributed by atoms with E-state index in [1.807, 2.05) is 0 Å². The average Bonchev–Trinajstić information content (AvgIpc) is 1.88. The molecule has 2 atom stereocenters. The summed E-state index contributed by atoms with van der Waals surface area (Å²) in [4.78, 5) is 10.4. The summed E-state index contributed by atoms with van der Waals surface area (Å²) < 4.78 is 0. The molecule has 0 radical (unpaired) electrons. The molecule has 2 N–H and O–H groups in total. The molecule has 1 aliphatic rings. The number of piperidine rings is 1. The molecule has 10 heavy (non-hydrogen) atoms. The van der Waals surface area contributed by atoms with Crippen LogP contribution in [0.25, 0.3) is 0 Å². The summed E-state index contributed by atoms with van der Waals surface area (Å²) in [5, 5.41) is 11.5. The summed E-state index contributed by atoms with van der Waals surface area (Å²) in [6.07, 6.45) is 1.87. The maximum absolute atomic E-state index is 10.4. The van der Waals surface area contributed by atoms with E-state index in [4.69, 9.17) is 5.11 Å². The third kappa shape index (κ3) is 1.70. The average molecular weight is 143 g/mol. The number of hydrogen-bond donors (Lipinski definition) is 2. The van der Waals surface area contributed by atoms with E-state index in [0.29, 0.717) is 5.92 Å². The molecule has 0 aromatic carbocycles. The lowest BCUT2D eigenvalue weighted by Crippen LogP contribution is -2.42. The van der Waals surface area contributed by atoms with Gasteiger partial charge >= 0.3 is 5.97 Å². The van der Waals surface area contributed by atoms with Gasteiger partial charge in [-0.3, -0.25) is 4.79 Å². The smallest absolute Gasteiger partial charge is 0.320 e. The summed E-state index contributed by atoms with van der Waals surface area (Å²) in [7, 11) is 0.